The number of hydrogen-bond acceptors (Lipinski definition) is 6. The van der Waals surface area contributed by atoms with Gasteiger partial charge in [-0.15, -0.1) is 11.3 Å². The summed E-state index contributed by atoms with van der Waals surface area (Å²) in [6.45, 7) is 0.355. The van der Waals surface area contributed by atoms with Gasteiger partial charge in [0.2, 0.25) is 0 Å². The Morgan fingerprint density at radius 2 is 2.23 bits per heavy atom. The summed E-state index contributed by atoms with van der Waals surface area (Å²) in [5.41, 5.74) is 2.33. The lowest BCUT2D eigenvalue weighted by atomic mass is 9.94. The van der Waals surface area contributed by atoms with Crippen molar-refractivity contribution in [2.45, 2.75) is 18.5 Å². The second-order valence-corrected chi connectivity index (χ2v) is 9.88. The van der Waals surface area contributed by atoms with E-state index in [0.29, 0.717) is 29.4 Å². The van der Waals surface area contributed by atoms with Gasteiger partial charge in [0, 0.05) is 46.9 Å². The number of hydrogen-bond donors (Lipinski definition) is 2. The highest BCUT2D eigenvalue weighted by Crippen LogP contribution is 2.42. The van der Waals surface area contributed by atoms with Gasteiger partial charge in [0.05, 0.1) is 0 Å². The van der Waals surface area contributed by atoms with E-state index in [4.69, 9.17) is 21.7 Å². The van der Waals surface area contributed by atoms with Gasteiger partial charge in [-0.3, -0.25) is 4.99 Å². The minimum absolute atomic E-state index is 0.258. The molecule has 2 aliphatic rings. The van der Waals surface area contributed by atoms with Gasteiger partial charge in [0.1, 0.15) is 11.9 Å². The second kappa shape index (κ2) is 8.48. The van der Waals surface area contributed by atoms with E-state index in [0.717, 1.165) is 11.3 Å². The van der Waals surface area contributed by atoms with Gasteiger partial charge in [-0.2, -0.15) is 13.1 Å². The highest BCUT2D eigenvalue weighted by atomic mass is 79.9. The third-order valence-electron chi connectivity index (χ3n) is 4.76. The van der Waals surface area contributed by atoms with Gasteiger partial charge < -0.3 is 4.90 Å². The fraction of sp³-hybridized carbons (Fsp3) is 0.222. The number of nitrogens with zero attached hydrogens (tertiary/aromatic N) is 3. The quantitative estimate of drug-likeness (QED) is 0.616. The number of thiazole rings is 1. The molecule has 2 atom stereocenters. The lowest BCUT2D eigenvalue weighted by Crippen LogP contribution is -2.42. The molecular formula is C18H16BrClFN5O2S2. The van der Waals surface area contributed by atoms with E-state index >= 15 is 0 Å². The minimum Gasteiger partial charge on any atom is -0.326 e. The zero-order chi connectivity index (χ0) is 21.5. The molecule has 1 fully saturated rings. The van der Waals surface area contributed by atoms with E-state index in [1.54, 1.807) is 17.2 Å². The van der Waals surface area contributed by atoms with E-state index in [2.05, 4.69) is 25.6 Å². The molecule has 0 radical (unpaired) electrons. The maximum atomic E-state index is 13.6. The van der Waals surface area contributed by atoms with Crippen LogP contribution in [0.5, 0.6) is 0 Å². The van der Waals surface area contributed by atoms with E-state index in [1.807, 2.05) is 16.4 Å². The number of halogens is 3. The van der Waals surface area contributed by atoms with Gasteiger partial charge in [-0.25, -0.2) is 14.5 Å². The Morgan fingerprint density at radius 3 is 2.87 bits per heavy atom. The number of nitrogens with two attached hydrogens (primary N) is 1. The number of fused-ring (bicyclic) bond motifs is 1. The van der Waals surface area contributed by atoms with Crippen LogP contribution in [0.25, 0.3) is 0 Å². The summed E-state index contributed by atoms with van der Waals surface area (Å²) in [6, 6.07) is 3.26. The maximum absolute atomic E-state index is 13.6. The third-order valence-corrected chi connectivity index (χ3v) is 6.78. The van der Waals surface area contributed by atoms with Crippen LogP contribution in [0.2, 0.25) is 5.02 Å². The standard InChI is InChI=1S/C18H16BrClFN5O2S2/c19-4-3-13-15-8-11(25-30(22,27)28)9-26(15)17(18-23-5-6-29-18)24-16(13)12-2-1-10(21)7-14(12)20/h1-7,11,16,25H,8-9H2,(H2,22,27,28)/b4-3+/t11?,16-/m0/s1. The molecule has 2 aliphatic heterocycles. The average Bonchev–Trinajstić information content (AvgIpc) is 3.31. The first-order valence-electron chi connectivity index (χ1n) is 8.77. The highest BCUT2D eigenvalue weighted by molar-refractivity contribution is 9.11. The van der Waals surface area contributed by atoms with Crippen LogP contribution in [0.4, 0.5) is 4.39 Å². The van der Waals surface area contributed by atoms with Crippen LogP contribution in [0.15, 0.2) is 57.1 Å². The Labute approximate surface area is 190 Å². The predicted octanol–water partition coefficient (Wildman–Crippen LogP) is 3.47. The van der Waals surface area contributed by atoms with Crippen LogP contribution in [0, 0.1) is 5.82 Å². The molecular weight excluding hydrogens is 517 g/mol. The molecule has 1 unspecified atom stereocenters. The Morgan fingerprint density at radius 1 is 1.43 bits per heavy atom. The Hall–Kier alpha value is -1.63. The van der Waals surface area contributed by atoms with Gasteiger partial charge in [-0.05, 0) is 28.8 Å². The summed E-state index contributed by atoms with van der Waals surface area (Å²) >= 11 is 11.1. The molecule has 12 heteroatoms. The van der Waals surface area contributed by atoms with Gasteiger partial charge in [0.25, 0.3) is 10.2 Å². The van der Waals surface area contributed by atoms with Crippen molar-refractivity contribution in [3.8, 4) is 0 Å². The first-order chi connectivity index (χ1) is 14.3. The Bertz CT molecular complexity index is 1170. The molecule has 3 heterocycles. The molecule has 1 aromatic heterocycles. The predicted molar refractivity (Wildman–Crippen MR) is 119 cm³/mol. The number of rotatable bonds is 5. The zero-order valence-corrected chi connectivity index (χ0v) is 19.3. The van der Waals surface area contributed by atoms with E-state index < -0.39 is 28.1 Å². The number of aliphatic imine (C=N–C) groups is 1. The van der Waals surface area contributed by atoms with Crippen molar-refractivity contribution in [1.82, 2.24) is 14.6 Å². The van der Waals surface area contributed by atoms with Crippen LogP contribution < -0.4 is 9.86 Å². The van der Waals surface area contributed by atoms with Crippen molar-refractivity contribution in [3.63, 3.8) is 0 Å². The molecule has 2 aromatic rings. The van der Waals surface area contributed by atoms with Crippen LogP contribution in [-0.4, -0.2) is 36.7 Å². The SMILES string of the molecule is NS(=O)(=O)NC1CC2=C(/C=C/Br)[C@H](c3ccc(F)cc3Cl)N=C(c3nccs3)N2C1. The summed E-state index contributed by atoms with van der Waals surface area (Å²) in [6.07, 6.45) is 3.92. The number of amidine groups is 1. The fourth-order valence-corrected chi connectivity index (χ4v) is 5.50. The number of nitrogens with one attached hydrogen (secondary N) is 1. The molecule has 158 valence electrons. The molecule has 30 heavy (non-hydrogen) atoms. The highest BCUT2D eigenvalue weighted by Gasteiger charge is 2.39. The first-order valence-corrected chi connectivity index (χ1v) is 12.5. The normalized spacial score (nSPS) is 22.0. The summed E-state index contributed by atoms with van der Waals surface area (Å²) in [7, 11) is -3.87. The Kier molecular flexibility index (Phi) is 6.11. The summed E-state index contributed by atoms with van der Waals surface area (Å²) in [5, 5.41) is 7.98. The second-order valence-electron chi connectivity index (χ2n) is 6.73. The van der Waals surface area contributed by atoms with Crippen LogP contribution in [-0.2, 0) is 10.2 Å². The fourth-order valence-electron chi connectivity index (χ4n) is 3.68. The number of benzene rings is 1. The van der Waals surface area contributed by atoms with Crippen molar-refractivity contribution in [1.29, 1.82) is 0 Å². The largest absolute Gasteiger partial charge is 0.326 e. The number of aromatic nitrogens is 1. The van der Waals surface area contributed by atoms with Crippen molar-refractivity contribution in [2.24, 2.45) is 10.1 Å². The van der Waals surface area contributed by atoms with Crippen LogP contribution >= 0.6 is 38.9 Å². The minimum atomic E-state index is -3.87. The average molecular weight is 533 g/mol. The lowest BCUT2D eigenvalue weighted by Gasteiger charge is -2.31. The summed E-state index contributed by atoms with van der Waals surface area (Å²) in [4.78, 5) is 12.9. The molecule has 1 aromatic carbocycles. The molecule has 3 N–H and O–H groups in total. The third kappa shape index (κ3) is 4.36. The molecule has 4 rings (SSSR count). The first kappa shape index (κ1) is 21.6. The summed E-state index contributed by atoms with van der Waals surface area (Å²) in [5.74, 6) is 0.171. The van der Waals surface area contributed by atoms with Gasteiger partial charge in [-0.1, -0.05) is 33.6 Å². The van der Waals surface area contributed by atoms with Gasteiger partial charge in [0.15, 0.2) is 10.8 Å². The summed E-state index contributed by atoms with van der Waals surface area (Å²) < 4.78 is 39.3. The molecule has 7 nitrogen and oxygen atoms in total. The smallest absolute Gasteiger partial charge is 0.274 e. The molecule has 0 bridgehead atoms. The molecule has 0 saturated carbocycles. The molecule has 0 amide bonds. The van der Waals surface area contributed by atoms with E-state index in [1.165, 1.54) is 23.5 Å². The lowest BCUT2D eigenvalue weighted by molar-refractivity contribution is 0.513. The van der Waals surface area contributed by atoms with Crippen molar-refractivity contribution < 1.29 is 12.8 Å². The van der Waals surface area contributed by atoms with Crippen molar-refractivity contribution in [3.05, 3.63) is 73.5 Å². The van der Waals surface area contributed by atoms with Crippen molar-refractivity contribution in [2.75, 3.05) is 6.54 Å². The topological polar surface area (TPSA) is 101 Å². The zero-order valence-electron chi connectivity index (χ0n) is 15.3. The van der Waals surface area contributed by atoms with Crippen LogP contribution in [0.3, 0.4) is 0 Å². The molecule has 1 saturated heterocycles. The molecule has 0 aliphatic carbocycles. The van der Waals surface area contributed by atoms with Gasteiger partial charge >= 0.3 is 0 Å². The molecule has 0 spiro atoms. The van der Waals surface area contributed by atoms with E-state index in [9.17, 15) is 12.8 Å². The maximum Gasteiger partial charge on any atom is 0.274 e. The Balaban J connectivity index is 1.87. The van der Waals surface area contributed by atoms with Crippen molar-refractivity contribution >= 4 is 54.9 Å². The van der Waals surface area contributed by atoms with Crippen LogP contribution in [0.1, 0.15) is 23.0 Å². The monoisotopic (exact) mass is 531 g/mol. The van der Waals surface area contributed by atoms with E-state index in [-0.39, 0.29) is 5.02 Å².